The van der Waals surface area contributed by atoms with E-state index in [1.54, 1.807) is 36.1 Å². The van der Waals surface area contributed by atoms with E-state index in [1.165, 1.54) is 0 Å². The van der Waals surface area contributed by atoms with Gasteiger partial charge in [-0.25, -0.2) is 0 Å². The van der Waals surface area contributed by atoms with E-state index in [0.717, 1.165) is 0 Å². The lowest BCUT2D eigenvalue weighted by molar-refractivity contribution is 0.419. The maximum absolute atomic E-state index is 10.9. The highest BCUT2D eigenvalue weighted by Gasteiger charge is 2.29. The Balaban J connectivity index is 2.41. The lowest BCUT2D eigenvalue weighted by Gasteiger charge is -1.92. The van der Waals surface area contributed by atoms with Crippen LogP contribution in [0.4, 0.5) is 0 Å². The van der Waals surface area contributed by atoms with Gasteiger partial charge in [-0.15, -0.1) is 8.42 Å². The van der Waals surface area contributed by atoms with Gasteiger partial charge in [0.05, 0.1) is 0 Å². The lowest BCUT2D eigenvalue weighted by atomic mass is 10.4. The second-order valence-corrected chi connectivity index (χ2v) is 5.61. The van der Waals surface area contributed by atoms with Crippen LogP contribution in [0.3, 0.4) is 0 Å². The van der Waals surface area contributed by atoms with Gasteiger partial charge in [-0.05, 0) is 11.8 Å². The molecule has 6 heteroatoms. The van der Waals surface area contributed by atoms with Gasteiger partial charge in [0.2, 0.25) is 0 Å². The van der Waals surface area contributed by atoms with Gasteiger partial charge in [-0.2, -0.15) is 0 Å². The Morgan fingerprint density at radius 3 is 2.77 bits per heavy atom. The first kappa shape index (κ1) is 8.45. The molecule has 0 amide bonds. The summed E-state index contributed by atoms with van der Waals surface area (Å²) in [5.74, 6) is 0. The first-order valence-electron chi connectivity index (χ1n) is 3.57. The average molecular weight is 214 g/mol. The molecule has 0 atom stereocenters. The molecule has 0 aromatic carbocycles. The van der Waals surface area contributed by atoms with E-state index in [9.17, 15) is 8.42 Å². The number of rotatable bonds is 0. The average Bonchev–Trinajstić information content (AvgIpc) is 2.27. The summed E-state index contributed by atoms with van der Waals surface area (Å²) in [5.41, 5.74) is 1.71. The summed E-state index contributed by atoms with van der Waals surface area (Å²) in [4.78, 5) is 0. The van der Waals surface area contributed by atoms with Crippen molar-refractivity contribution in [2.75, 3.05) is 0 Å². The van der Waals surface area contributed by atoms with E-state index < -0.39 is 19.1 Å². The molecule has 0 radical (unpaired) electrons. The molecule has 68 valence electrons. The zero-order chi connectivity index (χ0) is 9.31. The summed E-state index contributed by atoms with van der Waals surface area (Å²) in [5, 5.41) is 0.394. The highest BCUT2D eigenvalue weighted by atomic mass is 32.3. The molecule has 13 heavy (non-hydrogen) atoms. The van der Waals surface area contributed by atoms with Crippen molar-refractivity contribution in [3.8, 4) is 0 Å². The molecule has 0 aromatic heterocycles. The fourth-order valence-electron chi connectivity index (χ4n) is 0.953. The summed E-state index contributed by atoms with van der Waals surface area (Å²) in [6.07, 6.45) is 8.67. The van der Waals surface area contributed by atoms with Crippen LogP contribution in [0, 0.1) is 0 Å². The van der Waals surface area contributed by atoms with Crippen LogP contribution in [-0.4, -0.2) is 22.4 Å². The Hall–Kier alpha value is -1.14. The predicted molar refractivity (Wildman–Crippen MR) is 49.3 cm³/mol. The van der Waals surface area contributed by atoms with Crippen LogP contribution in [0.1, 0.15) is 0 Å². The van der Waals surface area contributed by atoms with Crippen LogP contribution in [0.25, 0.3) is 0 Å². The van der Waals surface area contributed by atoms with Crippen molar-refractivity contribution in [1.29, 1.82) is 0 Å². The molecule has 0 aromatic rings. The third-order valence-electron chi connectivity index (χ3n) is 1.46. The standard InChI is InChI=1S/C7H6O4SSi/c8-12(9)10-7-5-3-1-2-4-6-13(7)11-12/h1-6H/b2-1-,3-1?,4-2?,5-3-,6-4-,7-5?,13-6?. The fraction of sp³-hybridized carbons (Fsp3) is 0. The summed E-state index contributed by atoms with van der Waals surface area (Å²) in [7, 11) is -5.41. The van der Waals surface area contributed by atoms with E-state index in [0.29, 0.717) is 5.35 Å². The molecule has 0 spiro atoms. The Bertz CT molecular complexity index is 407. The molecule has 0 unspecified atom stereocenters. The number of allylic oxidation sites excluding steroid dienone is 4. The van der Waals surface area contributed by atoms with Gasteiger partial charge in [0.25, 0.3) is 0 Å². The minimum atomic E-state index is -3.78. The van der Waals surface area contributed by atoms with Crippen LogP contribution < -0.4 is 0 Å². The van der Waals surface area contributed by atoms with E-state index in [2.05, 4.69) is 4.18 Å². The Morgan fingerprint density at radius 1 is 1.15 bits per heavy atom. The summed E-state index contributed by atoms with van der Waals surface area (Å²) >= 11 is 0. The van der Waals surface area contributed by atoms with Crippen molar-refractivity contribution in [1.82, 2.24) is 0 Å². The SMILES string of the molecule is O=S1(=O)OC2=[Si](\C=C/C=C\C=C/2)O1. The van der Waals surface area contributed by atoms with E-state index in [1.807, 2.05) is 0 Å². The topological polar surface area (TPSA) is 52.6 Å². The second-order valence-electron chi connectivity index (χ2n) is 2.41. The fourth-order valence-corrected chi connectivity index (χ4v) is 4.14. The molecule has 0 bridgehead atoms. The van der Waals surface area contributed by atoms with Gasteiger partial charge in [-0.3, -0.25) is 0 Å². The molecule has 2 rings (SSSR count). The van der Waals surface area contributed by atoms with Crippen LogP contribution >= 0.6 is 0 Å². The maximum Gasteiger partial charge on any atom is 0.487 e. The minimum absolute atomic E-state index is 0.394. The molecule has 0 saturated heterocycles. The second kappa shape index (κ2) is 2.97. The molecule has 4 nitrogen and oxygen atoms in total. The summed E-state index contributed by atoms with van der Waals surface area (Å²) in [6, 6.07) is 0. The predicted octanol–water partition coefficient (Wildman–Crippen LogP) is 0.203. The Kier molecular flexibility index (Phi) is 1.93. The van der Waals surface area contributed by atoms with Crippen molar-refractivity contribution < 1.29 is 16.5 Å². The molecule has 2 aliphatic heterocycles. The van der Waals surface area contributed by atoms with E-state index in [4.69, 9.17) is 3.87 Å². The first-order valence-corrected chi connectivity index (χ1v) is 6.39. The quantitative estimate of drug-likeness (QED) is 0.541. The third kappa shape index (κ3) is 1.78. The molecule has 0 N–H and O–H groups in total. The van der Waals surface area contributed by atoms with Crippen molar-refractivity contribution in [3.63, 3.8) is 0 Å². The van der Waals surface area contributed by atoms with Crippen molar-refractivity contribution in [2.24, 2.45) is 0 Å². The van der Waals surface area contributed by atoms with E-state index in [-0.39, 0.29) is 0 Å². The van der Waals surface area contributed by atoms with Crippen LogP contribution in [0.2, 0.25) is 0 Å². The summed E-state index contributed by atoms with van der Waals surface area (Å²) < 4.78 is 31.1. The van der Waals surface area contributed by atoms with Crippen LogP contribution in [-0.2, 0) is 18.5 Å². The highest BCUT2D eigenvalue weighted by Crippen LogP contribution is 2.10. The Labute approximate surface area is 77.5 Å². The van der Waals surface area contributed by atoms with Gasteiger partial charge in [0.1, 0.15) is 0 Å². The van der Waals surface area contributed by atoms with Crippen LogP contribution in [0.5, 0.6) is 0 Å². The maximum atomic E-state index is 10.9. The van der Waals surface area contributed by atoms with Gasteiger partial charge in [0, 0.05) is 0 Å². The van der Waals surface area contributed by atoms with Crippen molar-refractivity contribution >= 4 is 24.4 Å². The van der Waals surface area contributed by atoms with Crippen molar-refractivity contribution in [3.05, 3.63) is 36.1 Å². The third-order valence-corrected chi connectivity index (χ3v) is 4.77. The molecule has 2 aliphatic rings. The van der Waals surface area contributed by atoms with Crippen LogP contribution in [0.15, 0.2) is 36.1 Å². The molecule has 2 heterocycles. The zero-order valence-corrected chi connectivity index (χ0v) is 8.32. The van der Waals surface area contributed by atoms with Gasteiger partial charge >= 0.3 is 19.1 Å². The Morgan fingerprint density at radius 2 is 1.92 bits per heavy atom. The number of hydrogen-bond donors (Lipinski definition) is 0. The first-order chi connectivity index (χ1) is 6.17. The molecule has 0 saturated carbocycles. The van der Waals surface area contributed by atoms with Gasteiger partial charge in [-0.1, -0.05) is 24.3 Å². The smallest absolute Gasteiger partial charge is 0.413 e. The zero-order valence-electron chi connectivity index (χ0n) is 6.51. The van der Waals surface area contributed by atoms with Gasteiger partial charge < -0.3 is 8.06 Å². The van der Waals surface area contributed by atoms with E-state index >= 15 is 0 Å². The van der Waals surface area contributed by atoms with Crippen molar-refractivity contribution in [2.45, 2.75) is 0 Å². The monoisotopic (exact) mass is 214 g/mol. The summed E-state index contributed by atoms with van der Waals surface area (Å²) in [6.45, 7) is 0. The van der Waals surface area contributed by atoms with Gasteiger partial charge in [0.15, 0.2) is 5.35 Å². The molecular weight excluding hydrogens is 208 g/mol. The number of hydrogen-bond acceptors (Lipinski definition) is 4. The molecular formula is C7H6O4SSi. The largest absolute Gasteiger partial charge is 0.487 e. The molecule has 0 fully saturated rings. The minimum Gasteiger partial charge on any atom is -0.413 e. The lowest BCUT2D eigenvalue weighted by Crippen LogP contribution is -2.07. The molecule has 0 aliphatic carbocycles. The highest BCUT2D eigenvalue weighted by molar-refractivity contribution is 7.84. The normalized spacial score (nSPS) is 30.5.